The Morgan fingerprint density at radius 2 is 1.93 bits per heavy atom. The lowest BCUT2D eigenvalue weighted by molar-refractivity contribution is -0.152. The second kappa shape index (κ2) is 3.86. The summed E-state index contributed by atoms with van der Waals surface area (Å²) in [7, 11) is -3.26. The van der Waals surface area contributed by atoms with Crippen molar-refractivity contribution >= 4 is 15.8 Å². The molecule has 6 heteroatoms. The third-order valence-corrected chi connectivity index (χ3v) is 3.52. The normalized spacial score (nSPS) is 21.8. The standard InChI is InChI=1S/C8H14O5S/c1-14(11,12)6-8(7(9)10)2-4-13-5-3-8/h2-6H2,1H3,(H,9,10). The monoisotopic (exact) mass is 222 g/mol. The van der Waals surface area contributed by atoms with Gasteiger partial charge < -0.3 is 9.84 Å². The van der Waals surface area contributed by atoms with Crippen molar-refractivity contribution < 1.29 is 23.1 Å². The van der Waals surface area contributed by atoms with Gasteiger partial charge in [-0.1, -0.05) is 0 Å². The van der Waals surface area contributed by atoms with Crippen molar-refractivity contribution in [2.45, 2.75) is 12.8 Å². The van der Waals surface area contributed by atoms with Crippen LogP contribution in [0.15, 0.2) is 0 Å². The van der Waals surface area contributed by atoms with E-state index < -0.39 is 21.2 Å². The molecule has 0 aromatic heterocycles. The summed E-state index contributed by atoms with van der Waals surface area (Å²) in [5.41, 5.74) is -1.13. The van der Waals surface area contributed by atoms with Gasteiger partial charge in [-0.05, 0) is 12.8 Å². The Bertz CT molecular complexity index is 313. The van der Waals surface area contributed by atoms with E-state index in [4.69, 9.17) is 9.84 Å². The minimum atomic E-state index is -3.26. The van der Waals surface area contributed by atoms with Gasteiger partial charge in [-0.2, -0.15) is 0 Å². The molecular formula is C8H14O5S. The van der Waals surface area contributed by atoms with E-state index in [0.29, 0.717) is 13.2 Å². The van der Waals surface area contributed by atoms with E-state index in [1.54, 1.807) is 0 Å². The van der Waals surface area contributed by atoms with Crippen LogP contribution in [0.4, 0.5) is 0 Å². The number of hydrogen-bond donors (Lipinski definition) is 1. The van der Waals surface area contributed by atoms with Crippen LogP contribution in [0.5, 0.6) is 0 Å². The molecule has 0 aliphatic carbocycles. The van der Waals surface area contributed by atoms with Gasteiger partial charge in [0.15, 0.2) is 0 Å². The van der Waals surface area contributed by atoms with Crippen LogP contribution in [-0.2, 0) is 19.4 Å². The molecule has 82 valence electrons. The van der Waals surface area contributed by atoms with Gasteiger partial charge in [0, 0.05) is 19.5 Å². The molecule has 0 aromatic rings. The Labute approximate surface area is 83.0 Å². The third-order valence-electron chi connectivity index (χ3n) is 2.44. The van der Waals surface area contributed by atoms with Crippen LogP contribution < -0.4 is 0 Å². The summed E-state index contributed by atoms with van der Waals surface area (Å²) in [4.78, 5) is 11.0. The van der Waals surface area contributed by atoms with Gasteiger partial charge in [0.2, 0.25) is 0 Å². The second-order valence-corrected chi connectivity index (χ2v) is 5.91. The molecule has 1 saturated heterocycles. The molecule has 1 N–H and O–H groups in total. The van der Waals surface area contributed by atoms with Crippen molar-refractivity contribution in [3.63, 3.8) is 0 Å². The lowest BCUT2D eigenvalue weighted by atomic mass is 9.82. The zero-order chi connectivity index (χ0) is 10.8. The van der Waals surface area contributed by atoms with Crippen molar-refractivity contribution in [1.82, 2.24) is 0 Å². The molecule has 0 aromatic carbocycles. The topological polar surface area (TPSA) is 80.7 Å². The largest absolute Gasteiger partial charge is 0.481 e. The summed E-state index contributed by atoms with van der Waals surface area (Å²) in [5, 5.41) is 9.03. The SMILES string of the molecule is CS(=O)(=O)CC1(C(=O)O)CCOCC1. The summed E-state index contributed by atoms with van der Waals surface area (Å²) >= 11 is 0. The highest BCUT2D eigenvalue weighted by molar-refractivity contribution is 7.90. The van der Waals surface area contributed by atoms with Crippen LogP contribution in [0.2, 0.25) is 0 Å². The van der Waals surface area contributed by atoms with Crippen molar-refractivity contribution in [3.8, 4) is 0 Å². The fraction of sp³-hybridized carbons (Fsp3) is 0.875. The molecule has 1 aliphatic rings. The van der Waals surface area contributed by atoms with E-state index >= 15 is 0 Å². The lowest BCUT2D eigenvalue weighted by Crippen LogP contribution is -2.42. The summed E-state index contributed by atoms with van der Waals surface area (Å²) in [6.45, 7) is 0.643. The number of carboxylic acid groups (broad SMARTS) is 1. The van der Waals surface area contributed by atoms with Crippen LogP contribution in [0.25, 0.3) is 0 Å². The number of rotatable bonds is 3. The molecule has 0 bridgehead atoms. The molecule has 0 amide bonds. The van der Waals surface area contributed by atoms with E-state index in [1.807, 2.05) is 0 Å². The van der Waals surface area contributed by atoms with Gasteiger partial charge >= 0.3 is 5.97 Å². The molecule has 1 fully saturated rings. The van der Waals surface area contributed by atoms with E-state index in [-0.39, 0.29) is 18.6 Å². The van der Waals surface area contributed by atoms with Crippen LogP contribution in [-0.4, -0.2) is 44.7 Å². The summed E-state index contributed by atoms with van der Waals surface area (Å²) in [5.74, 6) is -1.33. The summed E-state index contributed by atoms with van der Waals surface area (Å²) in [6.07, 6.45) is 1.61. The molecule has 5 nitrogen and oxygen atoms in total. The fourth-order valence-electron chi connectivity index (χ4n) is 1.68. The first kappa shape index (κ1) is 11.5. The van der Waals surface area contributed by atoms with E-state index in [2.05, 4.69) is 0 Å². The number of sulfone groups is 1. The number of hydrogen-bond acceptors (Lipinski definition) is 4. The van der Waals surface area contributed by atoms with Crippen molar-refractivity contribution in [3.05, 3.63) is 0 Å². The molecule has 0 atom stereocenters. The van der Waals surface area contributed by atoms with Crippen molar-refractivity contribution in [1.29, 1.82) is 0 Å². The highest BCUT2D eigenvalue weighted by atomic mass is 32.2. The van der Waals surface area contributed by atoms with Crippen LogP contribution in [0.3, 0.4) is 0 Å². The molecule has 14 heavy (non-hydrogen) atoms. The van der Waals surface area contributed by atoms with E-state index in [0.717, 1.165) is 6.26 Å². The Balaban J connectivity index is 2.87. The number of carboxylic acids is 1. The van der Waals surface area contributed by atoms with Gasteiger partial charge in [0.05, 0.1) is 11.2 Å². The zero-order valence-corrected chi connectivity index (χ0v) is 8.84. The quantitative estimate of drug-likeness (QED) is 0.722. The highest BCUT2D eigenvalue weighted by Gasteiger charge is 2.42. The fourth-order valence-corrected chi connectivity index (χ4v) is 3.10. The molecule has 0 radical (unpaired) electrons. The average molecular weight is 222 g/mol. The smallest absolute Gasteiger partial charge is 0.310 e. The average Bonchev–Trinajstić information content (AvgIpc) is 2.02. The first-order valence-corrected chi connectivity index (χ1v) is 6.41. The van der Waals surface area contributed by atoms with Crippen LogP contribution in [0.1, 0.15) is 12.8 Å². The molecule has 0 saturated carbocycles. The maximum Gasteiger partial charge on any atom is 0.310 e. The van der Waals surface area contributed by atoms with Gasteiger partial charge in [0.25, 0.3) is 0 Å². The highest BCUT2D eigenvalue weighted by Crippen LogP contribution is 2.32. The summed E-state index contributed by atoms with van der Waals surface area (Å²) in [6, 6.07) is 0. The van der Waals surface area contributed by atoms with Gasteiger partial charge in [-0.15, -0.1) is 0 Å². The minimum absolute atomic E-state index is 0.273. The molecule has 0 unspecified atom stereocenters. The van der Waals surface area contributed by atoms with Crippen LogP contribution >= 0.6 is 0 Å². The van der Waals surface area contributed by atoms with Gasteiger partial charge in [-0.3, -0.25) is 4.79 Å². The predicted octanol–water partition coefficient (Wildman–Crippen LogP) is -0.0876. The molecule has 1 rings (SSSR count). The van der Waals surface area contributed by atoms with E-state index in [1.165, 1.54) is 0 Å². The van der Waals surface area contributed by atoms with E-state index in [9.17, 15) is 13.2 Å². The van der Waals surface area contributed by atoms with Gasteiger partial charge in [-0.25, -0.2) is 8.42 Å². The molecule has 1 heterocycles. The number of aliphatic carboxylic acids is 1. The maximum absolute atomic E-state index is 11.1. The molecule has 1 aliphatic heterocycles. The molecule has 0 spiro atoms. The Morgan fingerprint density at radius 3 is 2.29 bits per heavy atom. The first-order valence-electron chi connectivity index (χ1n) is 4.35. The first-order chi connectivity index (χ1) is 6.36. The maximum atomic E-state index is 11.1. The van der Waals surface area contributed by atoms with Gasteiger partial charge in [0.1, 0.15) is 9.84 Å². The Hall–Kier alpha value is -0.620. The third kappa shape index (κ3) is 2.68. The summed E-state index contributed by atoms with van der Waals surface area (Å²) < 4.78 is 27.2. The number of carbonyl (C=O) groups is 1. The van der Waals surface area contributed by atoms with Crippen molar-refractivity contribution in [2.75, 3.05) is 25.2 Å². The zero-order valence-electron chi connectivity index (χ0n) is 8.02. The Morgan fingerprint density at radius 1 is 1.43 bits per heavy atom. The minimum Gasteiger partial charge on any atom is -0.481 e. The molecular weight excluding hydrogens is 208 g/mol. The predicted molar refractivity (Wildman–Crippen MR) is 49.8 cm³/mol. The van der Waals surface area contributed by atoms with Crippen molar-refractivity contribution in [2.24, 2.45) is 5.41 Å². The lowest BCUT2D eigenvalue weighted by Gasteiger charge is -2.32. The van der Waals surface area contributed by atoms with Crippen LogP contribution in [0, 0.1) is 5.41 Å². The Kier molecular flexibility index (Phi) is 3.16. The second-order valence-electron chi connectivity index (χ2n) is 3.77. The number of ether oxygens (including phenoxy) is 1.